The van der Waals surface area contributed by atoms with Gasteiger partial charge in [-0.3, -0.25) is 24.1 Å². The molecule has 4 aliphatic rings. The smallest absolute Gasteiger partial charge is 0.238 e. The summed E-state index contributed by atoms with van der Waals surface area (Å²) in [6.07, 6.45) is 4.03. The molecule has 2 amide bonds. The SMILES string of the molecule is CC1=CC(=O)C2=C(CC3C(=CCC4C(=O)N(c5ccc(Nc6ccccc6)cc5)C(=O)C43)C2c2cc(C)c(O)c(C)c2)C1=O. The summed E-state index contributed by atoms with van der Waals surface area (Å²) in [5.74, 6) is -2.86. The van der Waals surface area contributed by atoms with Crippen molar-refractivity contribution in [3.05, 3.63) is 118 Å². The summed E-state index contributed by atoms with van der Waals surface area (Å²) in [5.41, 5.74) is 6.56. The van der Waals surface area contributed by atoms with Gasteiger partial charge in [0.25, 0.3) is 0 Å². The van der Waals surface area contributed by atoms with Crippen molar-refractivity contribution >= 4 is 40.4 Å². The van der Waals surface area contributed by atoms with Gasteiger partial charge in [0, 0.05) is 34.0 Å². The number of nitrogens with one attached hydrogen (secondary N) is 1. The third kappa shape index (κ3) is 4.26. The molecule has 1 fully saturated rings. The molecule has 44 heavy (non-hydrogen) atoms. The molecule has 1 saturated heterocycles. The molecule has 2 N–H and O–H groups in total. The molecule has 3 aromatic rings. The van der Waals surface area contributed by atoms with Crippen LogP contribution in [0.2, 0.25) is 0 Å². The number of fused-ring (bicyclic) bond motifs is 3. The first-order valence-corrected chi connectivity index (χ1v) is 14.9. The Bertz CT molecular complexity index is 1840. The minimum atomic E-state index is -0.644. The Kier molecular flexibility index (Phi) is 6.50. The fourth-order valence-corrected chi connectivity index (χ4v) is 7.55. The van der Waals surface area contributed by atoms with E-state index in [1.165, 1.54) is 11.0 Å². The molecule has 4 atom stereocenters. The topological polar surface area (TPSA) is 104 Å². The normalized spacial score (nSPS) is 24.5. The van der Waals surface area contributed by atoms with E-state index in [9.17, 15) is 24.3 Å². The maximum atomic E-state index is 14.2. The van der Waals surface area contributed by atoms with Gasteiger partial charge in [0.05, 0.1) is 17.5 Å². The van der Waals surface area contributed by atoms with Crippen LogP contribution < -0.4 is 10.2 Å². The lowest BCUT2D eigenvalue weighted by atomic mass is 9.59. The number of imide groups is 1. The van der Waals surface area contributed by atoms with Gasteiger partial charge in [-0.15, -0.1) is 0 Å². The number of carbonyl (C=O) groups excluding carboxylic acids is 4. The van der Waals surface area contributed by atoms with E-state index >= 15 is 0 Å². The van der Waals surface area contributed by atoms with Crippen LogP contribution in [0.15, 0.2) is 101 Å². The van der Waals surface area contributed by atoms with Crippen molar-refractivity contribution in [1.82, 2.24) is 0 Å². The Balaban J connectivity index is 1.26. The Labute approximate surface area is 255 Å². The zero-order valence-electron chi connectivity index (χ0n) is 24.8. The number of benzene rings is 3. The highest BCUT2D eigenvalue weighted by molar-refractivity contribution is 6.25. The zero-order valence-corrected chi connectivity index (χ0v) is 24.8. The van der Waals surface area contributed by atoms with Crippen LogP contribution in [-0.2, 0) is 19.2 Å². The van der Waals surface area contributed by atoms with Crippen LogP contribution in [0, 0.1) is 31.6 Å². The molecule has 0 saturated carbocycles. The maximum Gasteiger partial charge on any atom is 0.238 e. The van der Waals surface area contributed by atoms with Crippen LogP contribution >= 0.6 is 0 Å². The van der Waals surface area contributed by atoms with Crippen LogP contribution in [0.5, 0.6) is 5.75 Å². The van der Waals surface area contributed by atoms with Gasteiger partial charge in [-0.05, 0) is 98.7 Å². The Morgan fingerprint density at radius 2 is 1.48 bits per heavy atom. The number of hydrogen-bond acceptors (Lipinski definition) is 6. The highest BCUT2D eigenvalue weighted by atomic mass is 16.3. The molecule has 3 aliphatic carbocycles. The van der Waals surface area contributed by atoms with Gasteiger partial charge in [-0.1, -0.05) is 42.0 Å². The average Bonchev–Trinajstić information content (AvgIpc) is 3.27. The minimum Gasteiger partial charge on any atom is -0.507 e. The predicted molar refractivity (Wildman–Crippen MR) is 168 cm³/mol. The van der Waals surface area contributed by atoms with E-state index in [-0.39, 0.29) is 35.6 Å². The van der Waals surface area contributed by atoms with E-state index in [0.717, 1.165) is 22.5 Å². The fraction of sp³-hybridized carbons (Fsp3) is 0.243. The second-order valence-corrected chi connectivity index (χ2v) is 12.3. The van der Waals surface area contributed by atoms with Crippen LogP contribution in [0.1, 0.15) is 42.4 Å². The van der Waals surface area contributed by atoms with Crippen LogP contribution in [0.4, 0.5) is 17.1 Å². The number of allylic oxidation sites excluding steroid dienone is 6. The van der Waals surface area contributed by atoms with Crippen LogP contribution in [-0.4, -0.2) is 28.5 Å². The summed E-state index contributed by atoms with van der Waals surface area (Å²) in [5, 5.41) is 13.8. The van der Waals surface area contributed by atoms with Crippen LogP contribution in [0.25, 0.3) is 0 Å². The van der Waals surface area contributed by atoms with Crippen molar-refractivity contribution in [2.24, 2.45) is 17.8 Å². The molecule has 220 valence electrons. The Morgan fingerprint density at radius 1 is 0.818 bits per heavy atom. The van der Waals surface area contributed by atoms with E-state index in [1.54, 1.807) is 19.1 Å². The molecule has 7 nitrogen and oxygen atoms in total. The monoisotopic (exact) mass is 584 g/mol. The summed E-state index contributed by atoms with van der Waals surface area (Å²) in [4.78, 5) is 56.3. The number of nitrogens with zero attached hydrogens (tertiary/aromatic N) is 1. The van der Waals surface area contributed by atoms with Gasteiger partial charge in [0.15, 0.2) is 11.6 Å². The van der Waals surface area contributed by atoms with Crippen molar-refractivity contribution < 1.29 is 24.3 Å². The van der Waals surface area contributed by atoms with Crippen molar-refractivity contribution in [2.75, 3.05) is 10.2 Å². The summed E-state index contributed by atoms with van der Waals surface area (Å²) in [6.45, 7) is 5.26. The van der Waals surface area contributed by atoms with E-state index in [2.05, 4.69) is 5.32 Å². The van der Waals surface area contributed by atoms with Gasteiger partial charge in [-0.25, -0.2) is 0 Å². The fourth-order valence-electron chi connectivity index (χ4n) is 7.55. The van der Waals surface area contributed by atoms with Crippen LogP contribution in [0.3, 0.4) is 0 Å². The van der Waals surface area contributed by atoms with Crippen molar-refractivity contribution in [2.45, 2.75) is 39.5 Å². The number of anilines is 3. The summed E-state index contributed by atoms with van der Waals surface area (Å²) < 4.78 is 0. The quantitative estimate of drug-likeness (QED) is 0.209. The highest BCUT2D eigenvalue weighted by Crippen LogP contribution is 2.55. The number of phenolic OH excluding ortho intramolecular Hbond substituents is 1. The van der Waals surface area contributed by atoms with E-state index in [0.29, 0.717) is 40.0 Å². The number of aryl methyl sites for hydroxylation is 2. The third-order valence-corrected chi connectivity index (χ3v) is 9.60. The molecule has 0 spiro atoms. The lowest BCUT2D eigenvalue weighted by Crippen LogP contribution is -2.39. The maximum absolute atomic E-state index is 14.2. The number of para-hydroxylation sites is 1. The van der Waals surface area contributed by atoms with Gasteiger partial charge in [0.1, 0.15) is 5.75 Å². The second-order valence-electron chi connectivity index (χ2n) is 12.3. The molecule has 7 rings (SSSR count). The molecule has 0 radical (unpaired) electrons. The zero-order chi connectivity index (χ0) is 30.9. The van der Waals surface area contributed by atoms with Crippen molar-refractivity contribution in [3.63, 3.8) is 0 Å². The van der Waals surface area contributed by atoms with Crippen molar-refractivity contribution in [3.8, 4) is 5.75 Å². The van der Waals surface area contributed by atoms with E-state index in [4.69, 9.17) is 0 Å². The molecule has 4 unspecified atom stereocenters. The van der Waals surface area contributed by atoms with Gasteiger partial charge in [-0.2, -0.15) is 0 Å². The number of phenols is 1. The third-order valence-electron chi connectivity index (χ3n) is 9.60. The van der Waals surface area contributed by atoms with Gasteiger partial charge >= 0.3 is 0 Å². The summed E-state index contributed by atoms with van der Waals surface area (Å²) in [7, 11) is 0. The molecule has 0 bridgehead atoms. The number of Topliss-reactive ketones (excluding diaryl/α,β-unsaturated/α-hetero) is 1. The minimum absolute atomic E-state index is 0.187. The Hall–Kier alpha value is -5.04. The van der Waals surface area contributed by atoms with E-state index < -0.39 is 23.7 Å². The lowest BCUT2D eigenvalue weighted by Gasteiger charge is -2.42. The number of amides is 2. The number of aromatic hydroxyl groups is 1. The first-order valence-electron chi connectivity index (χ1n) is 14.9. The Morgan fingerprint density at radius 3 is 2.16 bits per heavy atom. The van der Waals surface area contributed by atoms with E-state index in [1.807, 2.05) is 74.5 Å². The first-order chi connectivity index (χ1) is 21.1. The highest BCUT2D eigenvalue weighted by Gasteiger charge is 2.56. The first kappa shape index (κ1) is 27.8. The average molecular weight is 585 g/mol. The summed E-state index contributed by atoms with van der Waals surface area (Å²) in [6, 6.07) is 20.7. The predicted octanol–water partition coefficient (Wildman–Crippen LogP) is 6.39. The number of hydrogen-bond donors (Lipinski definition) is 2. The summed E-state index contributed by atoms with van der Waals surface area (Å²) >= 11 is 0. The van der Waals surface area contributed by atoms with Crippen molar-refractivity contribution in [1.29, 1.82) is 0 Å². The number of carbonyl (C=O) groups is 4. The second kappa shape index (κ2) is 10.3. The molecule has 0 aromatic heterocycles. The molecular formula is C37H32N2O5. The largest absolute Gasteiger partial charge is 0.507 e. The number of rotatable bonds is 4. The van der Waals surface area contributed by atoms with Gasteiger partial charge < -0.3 is 10.4 Å². The molecule has 3 aromatic carbocycles. The molecular weight excluding hydrogens is 552 g/mol. The lowest BCUT2D eigenvalue weighted by molar-refractivity contribution is -0.123. The molecule has 7 heteroatoms. The standard InChI is InChI=1S/C37H32N2O5/c1-19-15-22(16-20(2)34(19)41)31-26-13-14-27-32(28(26)18-29-33(31)30(40)17-21(3)35(29)42)37(44)39(36(27)43)25-11-9-24(10-12-25)38-23-7-5-4-6-8-23/h4-13,15-17,27-28,31-32,38,41H,14,18H2,1-3H3. The molecule has 1 aliphatic heterocycles. The number of ketones is 2. The van der Waals surface area contributed by atoms with Gasteiger partial charge in [0.2, 0.25) is 11.8 Å². The molecule has 1 heterocycles.